The van der Waals surface area contributed by atoms with Gasteiger partial charge < -0.3 is 5.11 Å². The predicted octanol–water partition coefficient (Wildman–Crippen LogP) is 6.39. The summed E-state index contributed by atoms with van der Waals surface area (Å²) in [4.78, 5) is 62.6. The third-order valence-electron chi connectivity index (χ3n) is 12.2. The lowest BCUT2D eigenvalue weighted by Gasteiger charge is -2.49. The number of fused-ring (bicyclic) bond motifs is 4. The lowest BCUT2D eigenvalue weighted by molar-refractivity contribution is -0.144. The molecule has 4 fully saturated rings. The molecule has 3 heterocycles. The number of imide groups is 2. The van der Waals surface area contributed by atoms with Gasteiger partial charge in [-0.1, -0.05) is 65.7 Å². The van der Waals surface area contributed by atoms with E-state index < -0.39 is 52.6 Å². The Bertz CT molecular complexity index is 1960. The first kappa shape index (κ1) is 32.8. The monoisotopic (exact) mass is 695 g/mol. The maximum atomic E-state index is 14.6. The molecule has 3 saturated heterocycles. The minimum Gasteiger partial charge on any atom is -0.508 e. The van der Waals surface area contributed by atoms with Crippen molar-refractivity contribution >= 4 is 40.9 Å². The van der Waals surface area contributed by atoms with Gasteiger partial charge in [0.1, 0.15) is 11.6 Å². The average molecular weight is 696 g/mol. The lowest BCUT2D eigenvalue weighted by atomic mass is 9.51. The number of nitrogens with zero attached hydrogens (tertiary/aromatic N) is 3. The first-order chi connectivity index (χ1) is 24.0. The van der Waals surface area contributed by atoms with E-state index in [0.717, 1.165) is 41.7 Å². The molecule has 3 aromatic rings. The van der Waals surface area contributed by atoms with Gasteiger partial charge in [-0.3, -0.25) is 29.0 Å². The largest absolute Gasteiger partial charge is 0.508 e. The summed E-state index contributed by atoms with van der Waals surface area (Å²) in [6.07, 6.45) is 4.04. The highest BCUT2D eigenvalue weighted by Crippen LogP contribution is 2.64. The number of piperidine rings is 1. The van der Waals surface area contributed by atoms with Gasteiger partial charge in [-0.25, -0.2) is 9.29 Å². The number of phenolic OH excluding ortho intramolecular Hbond substituents is 1. The number of aryl methyl sites for hydroxylation is 1. The van der Waals surface area contributed by atoms with Gasteiger partial charge in [-0.15, -0.1) is 0 Å². The fraction of sp³-hybridized carbons (Fsp3) is 0.400. The highest BCUT2D eigenvalue weighted by Gasteiger charge is 2.68. The topological polar surface area (TPSA) is 98.2 Å². The van der Waals surface area contributed by atoms with Gasteiger partial charge in [-0.2, -0.15) is 0 Å². The minimum absolute atomic E-state index is 0.110. The zero-order valence-corrected chi connectivity index (χ0v) is 28.8. The second-order valence-electron chi connectivity index (χ2n) is 14.8. The zero-order chi connectivity index (χ0) is 35.1. The Morgan fingerprint density at radius 3 is 2.36 bits per heavy atom. The van der Waals surface area contributed by atoms with Gasteiger partial charge in [0.15, 0.2) is 0 Å². The fourth-order valence-electron chi connectivity index (χ4n) is 9.69. The minimum atomic E-state index is -1.24. The Kier molecular flexibility index (Phi) is 7.99. The summed E-state index contributed by atoms with van der Waals surface area (Å²) in [5.74, 6) is -4.72. The molecule has 0 radical (unpaired) electrons. The SMILES string of the molecule is Cc1cc([C@H]2C3=CC[C@@H]4C(=O)N(C5CCN(Cc6ccccc6)CC5)C(=O)[C@@H]4[C@@H]3C[C@H]3C(=O)N(c4ccc(F)c(Cl)c4)C(=O)[C@@]23C)ccc1O. The van der Waals surface area contributed by atoms with Crippen molar-refractivity contribution in [1.29, 1.82) is 0 Å². The number of carbonyl (C=O) groups excluding carboxylic acids is 4. The Morgan fingerprint density at radius 1 is 0.920 bits per heavy atom. The molecule has 6 atom stereocenters. The normalized spacial score (nSPS) is 30.0. The third kappa shape index (κ3) is 4.95. The maximum absolute atomic E-state index is 14.6. The highest BCUT2D eigenvalue weighted by molar-refractivity contribution is 6.31. The van der Waals surface area contributed by atoms with E-state index in [1.165, 1.54) is 22.6 Å². The summed E-state index contributed by atoms with van der Waals surface area (Å²) in [7, 11) is 0. The summed E-state index contributed by atoms with van der Waals surface area (Å²) < 4.78 is 14.2. The number of likely N-dealkylation sites (tertiary alicyclic amines) is 2. The van der Waals surface area contributed by atoms with E-state index >= 15 is 0 Å². The van der Waals surface area contributed by atoms with Crippen molar-refractivity contribution in [3.05, 3.63) is 106 Å². The van der Waals surface area contributed by atoms with Crippen LogP contribution in [0.5, 0.6) is 5.75 Å². The molecule has 50 heavy (non-hydrogen) atoms. The molecule has 1 N–H and O–H groups in total. The molecular weight excluding hydrogens is 657 g/mol. The molecule has 2 aliphatic carbocycles. The predicted molar refractivity (Wildman–Crippen MR) is 185 cm³/mol. The number of anilines is 1. The van der Waals surface area contributed by atoms with Crippen LogP contribution in [0.2, 0.25) is 5.02 Å². The van der Waals surface area contributed by atoms with Crippen molar-refractivity contribution in [1.82, 2.24) is 9.80 Å². The van der Waals surface area contributed by atoms with Crippen molar-refractivity contribution in [3.63, 3.8) is 0 Å². The van der Waals surface area contributed by atoms with Crippen LogP contribution in [-0.4, -0.2) is 57.7 Å². The molecule has 0 unspecified atom stereocenters. The van der Waals surface area contributed by atoms with Gasteiger partial charge in [0.25, 0.3) is 0 Å². The fourth-order valence-corrected chi connectivity index (χ4v) is 9.86. The summed E-state index contributed by atoms with van der Waals surface area (Å²) in [5.41, 5.74) is 2.43. The molecule has 0 spiro atoms. The standard InChI is InChI=1S/C40H39ClFN3O5/c1-22-18-24(8-13-33(22)46)35-27-10-11-28-34(38(49)44(36(28)47)25-14-16-43(17-15-25)21-23-6-4-3-5-7-23)29(27)20-30-37(48)45(39(50)40(30,35)2)26-9-12-32(42)31(41)19-26/h3-10,12-13,18-19,25,28-30,34-35,46H,11,14-17,20-21H2,1-2H3/t28-,29+,30-,34-,35-,40+/m0/s1. The maximum Gasteiger partial charge on any atom is 0.241 e. The molecular formula is C40H39ClFN3O5. The van der Waals surface area contributed by atoms with E-state index in [1.54, 1.807) is 26.0 Å². The Balaban J connectivity index is 1.13. The van der Waals surface area contributed by atoms with Crippen molar-refractivity contribution in [2.24, 2.45) is 29.1 Å². The van der Waals surface area contributed by atoms with E-state index in [9.17, 15) is 28.7 Å². The smallest absolute Gasteiger partial charge is 0.241 e. The summed E-state index contributed by atoms with van der Waals surface area (Å²) in [6.45, 7) is 5.96. The van der Waals surface area contributed by atoms with Crippen LogP contribution in [0.25, 0.3) is 0 Å². The molecule has 8 rings (SSSR count). The molecule has 3 aliphatic heterocycles. The molecule has 3 aromatic carbocycles. The van der Waals surface area contributed by atoms with Crippen LogP contribution in [0.3, 0.4) is 0 Å². The quantitative estimate of drug-likeness (QED) is 0.246. The number of halogens is 2. The van der Waals surface area contributed by atoms with E-state index in [0.29, 0.717) is 24.8 Å². The summed E-state index contributed by atoms with van der Waals surface area (Å²) in [6, 6.07) is 19.1. The second-order valence-corrected chi connectivity index (χ2v) is 15.3. The first-order valence-electron chi connectivity index (χ1n) is 17.4. The van der Waals surface area contributed by atoms with Crippen LogP contribution in [-0.2, 0) is 25.7 Å². The number of carbonyl (C=O) groups is 4. The zero-order valence-electron chi connectivity index (χ0n) is 28.0. The highest BCUT2D eigenvalue weighted by atomic mass is 35.5. The average Bonchev–Trinajstić information content (AvgIpc) is 3.47. The van der Waals surface area contributed by atoms with Gasteiger partial charge in [0.2, 0.25) is 23.6 Å². The Hall–Kier alpha value is -4.34. The van der Waals surface area contributed by atoms with Crippen LogP contribution in [0, 0.1) is 41.8 Å². The molecule has 0 bridgehead atoms. The number of benzene rings is 3. The van der Waals surface area contributed by atoms with Crippen LogP contribution in [0.1, 0.15) is 55.2 Å². The number of rotatable bonds is 5. The molecule has 5 aliphatic rings. The Labute approximate surface area is 295 Å². The van der Waals surface area contributed by atoms with E-state index in [2.05, 4.69) is 17.0 Å². The van der Waals surface area contributed by atoms with E-state index in [-0.39, 0.29) is 40.7 Å². The van der Waals surface area contributed by atoms with Crippen LogP contribution in [0.15, 0.2) is 78.4 Å². The first-order valence-corrected chi connectivity index (χ1v) is 17.8. The number of hydrogen-bond donors (Lipinski definition) is 1. The van der Waals surface area contributed by atoms with E-state index in [4.69, 9.17) is 11.6 Å². The van der Waals surface area contributed by atoms with Crippen LogP contribution < -0.4 is 4.90 Å². The lowest BCUT2D eigenvalue weighted by Crippen LogP contribution is -2.49. The van der Waals surface area contributed by atoms with Gasteiger partial charge in [-0.05, 0) is 86.4 Å². The second kappa shape index (κ2) is 12.2. The van der Waals surface area contributed by atoms with Gasteiger partial charge in [0, 0.05) is 31.6 Å². The van der Waals surface area contributed by atoms with Crippen LogP contribution in [0.4, 0.5) is 10.1 Å². The third-order valence-corrected chi connectivity index (χ3v) is 12.5. The number of amides is 4. The van der Waals surface area contributed by atoms with Gasteiger partial charge in [0.05, 0.1) is 33.9 Å². The molecule has 0 aromatic heterocycles. The molecule has 10 heteroatoms. The Morgan fingerprint density at radius 2 is 1.66 bits per heavy atom. The molecule has 8 nitrogen and oxygen atoms in total. The van der Waals surface area contributed by atoms with Crippen molar-refractivity contribution in [2.75, 3.05) is 18.0 Å². The molecule has 1 saturated carbocycles. The summed E-state index contributed by atoms with van der Waals surface area (Å²) >= 11 is 6.11. The van der Waals surface area contributed by atoms with Crippen molar-refractivity contribution < 1.29 is 28.7 Å². The van der Waals surface area contributed by atoms with Crippen LogP contribution >= 0.6 is 11.6 Å². The summed E-state index contributed by atoms with van der Waals surface area (Å²) in [5, 5.41) is 10.2. The van der Waals surface area contributed by atoms with E-state index in [1.807, 2.05) is 30.3 Å². The van der Waals surface area contributed by atoms with Crippen molar-refractivity contribution in [2.45, 2.75) is 58.0 Å². The number of phenols is 1. The van der Waals surface area contributed by atoms with Gasteiger partial charge >= 0.3 is 0 Å². The number of hydrogen-bond acceptors (Lipinski definition) is 6. The molecule has 258 valence electrons. The number of allylic oxidation sites excluding steroid dienone is 2. The number of aromatic hydroxyl groups is 1. The molecule has 4 amide bonds. The van der Waals surface area contributed by atoms with Crippen molar-refractivity contribution in [3.8, 4) is 5.75 Å².